The zero-order chi connectivity index (χ0) is 17.1. The van der Waals surface area contributed by atoms with Crippen LogP contribution < -0.4 is 15.6 Å². The summed E-state index contributed by atoms with van der Waals surface area (Å²) < 4.78 is 4.87. The minimum Gasteiger partial charge on any atom is -0.385 e. The number of benzene rings is 1. The number of nitrogens with zero attached hydrogens (tertiary/aromatic N) is 2. The van der Waals surface area contributed by atoms with Gasteiger partial charge in [-0.2, -0.15) is 5.10 Å². The minimum atomic E-state index is -0.449. The van der Waals surface area contributed by atoms with Crippen LogP contribution in [0.1, 0.15) is 18.4 Å². The van der Waals surface area contributed by atoms with Crippen LogP contribution in [0.3, 0.4) is 0 Å². The van der Waals surface area contributed by atoms with Gasteiger partial charge in [-0.05, 0) is 24.1 Å². The van der Waals surface area contributed by atoms with Gasteiger partial charge in [0.15, 0.2) is 0 Å². The van der Waals surface area contributed by atoms with Crippen molar-refractivity contribution in [3.8, 4) is 0 Å². The Morgan fingerprint density at radius 2 is 1.91 bits per heavy atom. The Hall–Kier alpha value is -2.41. The van der Waals surface area contributed by atoms with Gasteiger partial charge in [0, 0.05) is 40.0 Å². The van der Waals surface area contributed by atoms with Crippen LogP contribution in [0.2, 0.25) is 0 Å². The normalized spacial score (nSPS) is 10.6. The van der Waals surface area contributed by atoms with E-state index in [1.54, 1.807) is 7.11 Å². The van der Waals surface area contributed by atoms with Crippen LogP contribution in [0.25, 0.3) is 0 Å². The number of hydrazone groups is 1. The zero-order valence-corrected chi connectivity index (χ0v) is 13.8. The fourth-order valence-electron chi connectivity index (χ4n) is 1.73. The monoisotopic (exact) mass is 320 g/mol. The van der Waals surface area contributed by atoms with Crippen molar-refractivity contribution < 1.29 is 14.3 Å². The van der Waals surface area contributed by atoms with Crippen LogP contribution >= 0.6 is 0 Å². The van der Waals surface area contributed by atoms with Gasteiger partial charge in [-0.25, -0.2) is 5.43 Å². The number of amides is 2. The Kier molecular flexibility index (Phi) is 8.38. The lowest BCUT2D eigenvalue weighted by molar-refractivity contribution is -0.129. The molecule has 0 saturated carbocycles. The van der Waals surface area contributed by atoms with Crippen LogP contribution in [0.4, 0.5) is 5.69 Å². The fourth-order valence-corrected chi connectivity index (χ4v) is 1.73. The number of carbonyl (C=O) groups excluding carboxylic acids is 2. The average Bonchev–Trinajstić information content (AvgIpc) is 2.52. The summed E-state index contributed by atoms with van der Waals surface area (Å²) in [5, 5.41) is 6.48. The van der Waals surface area contributed by atoms with Gasteiger partial charge < -0.3 is 15.0 Å². The molecule has 2 N–H and O–H groups in total. The molecule has 1 aromatic rings. The molecular formula is C16H24N4O3. The zero-order valence-electron chi connectivity index (χ0n) is 13.8. The van der Waals surface area contributed by atoms with Gasteiger partial charge in [-0.15, -0.1) is 0 Å². The number of rotatable bonds is 9. The minimum absolute atomic E-state index is 0.246. The van der Waals surface area contributed by atoms with Gasteiger partial charge in [-0.1, -0.05) is 12.1 Å². The molecule has 1 rings (SSSR count). The molecule has 23 heavy (non-hydrogen) atoms. The Morgan fingerprint density at radius 1 is 1.22 bits per heavy atom. The highest BCUT2D eigenvalue weighted by Crippen LogP contribution is 2.10. The summed E-state index contributed by atoms with van der Waals surface area (Å²) in [5.74, 6) is -0.778. The van der Waals surface area contributed by atoms with Gasteiger partial charge in [0.1, 0.15) is 6.42 Å². The van der Waals surface area contributed by atoms with Crippen molar-refractivity contribution >= 4 is 23.7 Å². The molecule has 0 saturated heterocycles. The van der Waals surface area contributed by atoms with Crippen LogP contribution in [-0.4, -0.2) is 52.4 Å². The predicted octanol–water partition coefficient (Wildman–Crippen LogP) is 0.746. The Labute approximate surface area is 136 Å². The topological polar surface area (TPSA) is 83.0 Å². The Balaban J connectivity index is 2.30. The highest BCUT2D eigenvalue weighted by molar-refractivity contribution is 5.97. The van der Waals surface area contributed by atoms with E-state index in [-0.39, 0.29) is 12.3 Å². The van der Waals surface area contributed by atoms with Crippen LogP contribution in [0, 0.1) is 0 Å². The maximum absolute atomic E-state index is 11.6. The SMILES string of the molecule is COCCCNC(=O)CC(=O)N/N=C\c1ccc(N(C)C)cc1. The summed E-state index contributed by atoms with van der Waals surface area (Å²) >= 11 is 0. The quantitative estimate of drug-likeness (QED) is 0.304. The molecule has 0 spiro atoms. The largest absolute Gasteiger partial charge is 0.385 e. The van der Waals surface area contributed by atoms with E-state index in [0.717, 1.165) is 11.3 Å². The van der Waals surface area contributed by atoms with Crippen molar-refractivity contribution in [3.05, 3.63) is 29.8 Å². The second-order valence-corrected chi connectivity index (χ2v) is 5.15. The summed E-state index contributed by atoms with van der Waals surface area (Å²) in [5.41, 5.74) is 4.28. The molecule has 0 aliphatic heterocycles. The van der Waals surface area contributed by atoms with Crippen molar-refractivity contribution in [3.63, 3.8) is 0 Å². The van der Waals surface area contributed by atoms with Gasteiger partial charge in [0.05, 0.1) is 6.21 Å². The third-order valence-electron chi connectivity index (χ3n) is 2.98. The highest BCUT2D eigenvalue weighted by Gasteiger charge is 2.07. The molecule has 0 aromatic heterocycles. The third-order valence-corrected chi connectivity index (χ3v) is 2.98. The Morgan fingerprint density at radius 3 is 2.52 bits per heavy atom. The van der Waals surface area contributed by atoms with E-state index < -0.39 is 5.91 Å². The molecule has 2 amide bonds. The molecule has 0 fully saturated rings. The number of ether oxygens (including phenoxy) is 1. The molecule has 0 heterocycles. The van der Waals surface area contributed by atoms with Crippen molar-refractivity contribution in [1.82, 2.24) is 10.7 Å². The molecule has 0 atom stereocenters. The van der Waals surface area contributed by atoms with E-state index in [1.165, 1.54) is 6.21 Å². The Bertz CT molecular complexity index is 527. The highest BCUT2D eigenvalue weighted by atomic mass is 16.5. The summed E-state index contributed by atoms with van der Waals surface area (Å²) in [6, 6.07) is 7.70. The second-order valence-electron chi connectivity index (χ2n) is 5.15. The first-order chi connectivity index (χ1) is 11.0. The number of hydrogen-bond donors (Lipinski definition) is 2. The van der Waals surface area contributed by atoms with E-state index in [2.05, 4.69) is 15.8 Å². The number of nitrogens with one attached hydrogen (secondary N) is 2. The van der Waals surface area contributed by atoms with Crippen molar-refractivity contribution in [2.45, 2.75) is 12.8 Å². The molecule has 1 aromatic carbocycles. The number of methoxy groups -OCH3 is 1. The third kappa shape index (κ3) is 7.96. The lowest BCUT2D eigenvalue weighted by atomic mass is 10.2. The first-order valence-corrected chi connectivity index (χ1v) is 7.38. The lowest BCUT2D eigenvalue weighted by Crippen LogP contribution is -2.30. The van der Waals surface area contributed by atoms with Crippen molar-refractivity contribution in [1.29, 1.82) is 0 Å². The summed E-state index contributed by atoms with van der Waals surface area (Å²) in [4.78, 5) is 25.0. The maximum Gasteiger partial charge on any atom is 0.249 e. The van der Waals surface area contributed by atoms with E-state index in [4.69, 9.17) is 4.74 Å². The van der Waals surface area contributed by atoms with Gasteiger partial charge in [0.25, 0.3) is 0 Å². The van der Waals surface area contributed by atoms with E-state index in [9.17, 15) is 9.59 Å². The lowest BCUT2D eigenvalue weighted by Gasteiger charge is -2.11. The van der Waals surface area contributed by atoms with Gasteiger partial charge in [0.2, 0.25) is 11.8 Å². The first kappa shape index (κ1) is 18.6. The van der Waals surface area contributed by atoms with Crippen molar-refractivity contribution in [2.24, 2.45) is 5.10 Å². The molecule has 0 bridgehead atoms. The molecule has 0 aliphatic carbocycles. The standard InChI is InChI=1S/C16H24N4O3/c1-20(2)14-7-5-13(6-8-14)12-18-19-16(22)11-15(21)17-9-4-10-23-3/h5-8,12H,4,9-11H2,1-3H3,(H,17,21)(H,19,22)/b18-12-. The van der Waals surface area contributed by atoms with Crippen molar-refractivity contribution in [2.75, 3.05) is 39.3 Å². The molecule has 0 aliphatic rings. The molecule has 7 nitrogen and oxygen atoms in total. The van der Waals surface area contributed by atoms with Crippen LogP contribution in [-0.2, 0) is 14.3 Å². The second kappa shape index (κ2) is 10.3. The summed E-state index contributed by atoms with van der Waals surface area (Å²) in [6.07, 6.45) is 2.00. The molecule has 7 heteroatoms. The fraction of sp³-hybridized carbons (Fsp3) is 0.438. The summed E-state index contributed by atoms with van der Waals surface area (Å²) in [7, 11) is 5.52. The van der Waals surface area contributed by atoms with E-state index in [0.29, 0.717) is 19.6 Å². The summed E-state index contributed by atoms with van der Waals surface area (Å²) in [6.45, 7) is 1.06. The van der Waals surface area contributed by atoms with Crippen LogP contribution in [0.15, 0.2) is 29.4 Å². The molecule has 0 unspecified atom stereocenters. The number of hydrogen-bond acceptors (Lipinski definition) is 5. The van der Waals surface area contributed by atoms with Gasteiger partial charge >= 0.3 is 0 Å². The molecule has 0 radical (unpaired) electrons. The maximum atomic E-state index is 11.6. The predicted molar refractivity (Wildman–Crippen MR) is 90.6 cm³/mol. The number of anilines is 1. The molecular weight excluding hydrogens is 296 g/mol. The average molecular weight is 320 g/mol. The molecule has 126 valence electrons. The van der Waals surface area contributed by atoms with E-state index >= 15 is 0 Å². The number of carbonyl (C=O) groups is 2. The van der Waals surface area contributed by atoms with E-state index in [1.807, 2.05) is 43.3 Å². The smallest absolute Gasteiger partial charge is 0.249 e. The first-order valence-electron chi connectivity index (χ1n) is 7.38. The van der Waals surface area contributed by atoms with Crippen LogP contribution in [0.5, 0.6) is 0 Å². The van der Waals surface area contributed by atoms with Gasteiger partial charge in [-0.3, -0.25) is 9.59 Å².